The number of benzene rings is 2. The van der Waals surface area contributed by atoms with Gasteiger partial charge in [-0.3, -0.25) is 4.79 Å². The van der Waals surface area contributed by atoms with Crippen molar-refractivity contribution in [3.63, 3.8) is 0 Å². The van der Waals surface area contributed by atoms with Crippen LogP contribution in [0, 0.1) is 6.92 Å². The highest BCUT2D eigenvalue weighted by Gasteiger charge is 2.15. The fourth-order valence-corrected chi connectivity index (χ4v) is 3.20. The summed E-state index contributed by atoms with van der Waals surface area (Å²) >= 11 is 5.85. The van der Waals surface area contributed by atoms with E-state index in [4.69, 9.17) is 11.6 Å². The lowest BCUT2D eigenvalue weighted by Gasteiger charge is -2.23. The molecule has 3 aromatic rings. The maximum absolute atomic E-state index is 12.4. The van der Waals surface area contributed by atoms with Gasteiger partial charge < -0.3 is 9.47 Å². The van der Waals surface area contributed by atoms with Gasteiger partial charge in [-0.15, -0.1) is 11.6 Å². The SMILES string of the molecule is Cc1ccccc1Cn1cccc1CN(Cc1ccccc1)C(=O)CCl. The van der Waals surface area contributed by atoms with Gasteiger partial charge in [0.05, 0.1) is 6.54 Å². The summed E-state index contributed by atoms with van der Waals surface area (Å²) < 4.78 is 2.20. The molecule has 0 radical (unpaired) electrons. The van der Waals surface area contributed by atoms with Gasteiger partial charge in [0.15, 0.2) is 0 Å². The fourth-order valence-electron chi connectivity index (χ4n) is 3.03. The third kappa shape index (κ3) is 4.55. The monoisotopic (exact) mass is 366 g/mol. The smallest absolute Gasteiger partial charge is 0.238 e. The maximum Gasteiger partial charge on any atom is 0.238 e. The minimum atomic E-state index is -0.0563. The lowest BCUT2D eigenvalue weighted by Crippen LogP contribution is -2.31. The second kappa shape index (κ2) is 8.72. The first-order valence-electron chi connectivity index (χ1n) is 8.73. The minimum absolute atomic E-state index is 0.00860. The zero-order valence-corrected chi connectivity index (χ0v) is 15.7. The number of carbonyl (C=O) groups is 1. The number of halogens is 1. The topological polar surface area (TPSA) is 25.2 Å². The molecule has 1 heterocycles. The molecule has 0 atom stereocenters. The zero-order valence-electron chi connectivity index (χ0n) is 14.9. The van der Waals surface area contributed by atoms with Crippen molar-refractivity contribution in [3.8, 4) is 0 Å². The molecule has 4 heteroatoms. The van der Waals surface area contributed by atoms with Crippen molar-refractivity contribution in [3.05, 3.63) is 95.3 Å². The standard InChI is InChI=1S/C22H23ClN2O/c1-18-8-5-6-11-20(18)16-24-13-7-12-21(24)17-25(22(26)14-23)15-19-9-3-2-4-10-19/h2-13H,14-17H2,1H3. The van der Waals surface area contributed by atoms with Crippen molar-refractivity contribution >= 4 is 17.5 Å². The van der Waals surface area contributed by atoms with Crippen molar-refractivity contribution in [1.29, 1.82) is 0 Å². The number of hydrogen-bond donors (Lipinski definition) is 0. The Morgan fingerprint density at radius 1 is 0.962 bits per heavy atom. The molecule has 0 unspecified atom stereocenters. The van der Waals surface area contributed by atoms with E-state index in [0.717, 1.165) is 17.8 Å². The summed E-state index contributed by atoms with van der Waals surface area (Å²) in [6, 6.07) is 22.5. The van der Waals surface area contributed by atoms with Crippen LogP contribution < -0.4 is 0 Å². The molecule has 0 saturated heterocycles. The van der Waals surface area contributed by atoms with Gasteiger partial charge in [0.1, 0.15) is 5.88 Å². The van der Waals surface area contributed by atoms with E-state index in [1.165, 1.54) is 11.1 Å². The van der Waals surface area contributed by atoms with Crippen LogP contribution in [0.15, 0.2) is 72.9 Å². The zero-order chi connectivity index (χ0) is 18.4. The Morgan fingerprint density at radius 3 is 2.42 bits per heavy atom. The molecule has 0 saturated carbocycles. The molecule has 26 heavy (non-hydrogen) atoms. The van der Waals surface area contributed by atoms with E-state index in [0.29, 0.717) is 13.1 Å². The molecule has 1 amide bonds. The summed E-state index contributed by atoms with van der Waals surface area (Å²) in [5.74, 6) is -0.0649. The first-order chi connectivity index (χ1) is 12.7. The Kier molecular flexibility index (Phi) is 6.13. The largest absolute Gasteiger partial charge is 0.345 e. The molecule has 0 aliphatic carbocycles. The number of aromatic nitrogens is 1. The summed E-state index contributed by atoms with van der Waals surface area (Å²) in [5.41, 5.74) is 4.75. The van der Waals surface area contributed by atoms with Gasteiger partial charge in [-0.2, -0.15) is 0 Å². The number of nitrogens with zero attached hydrogens (tertiary/aromatic N) is 2. The normalized spacial score (nSPS) is 10.7. The van der Waals surface area contributed by atoms with E-state index < -0.39 is 0 Å². The summed E-state index contributed by atoms with van der Waals surface area (Å²) in [5, 5.41) is 0. The highest BCUT2D eigenvalue weighted by Crippen LogP contribution is 2.15. The highest BCUT2D eigenvalue weighted by molar-refractivity contribution is 6.27. The molecule has 0 aliphatic rings. The number of amides is 1. The lowest BCUT2D eigenvalue weighted by atomic mass is 10.1. The Hall–Kier alpha value is -2.52. The second-order valence-electron chi connectivity index (χ2n) is 6.42. The van der Waals surface area contributed by atoms with E-state index in [-0.39, 0.29) is 11.8 Å². The minimum Gasteiger partial charge on any atom is -0.345 e. The highest BCUT2D eigenvalue weighted by atomic mass is 35.5. The van der Waals surface area contributed by atoms with E-state index in [1.54, 1.807) is 0 Å². The first-order valence-corrected chi connectivity index (χ1v) is 9.27. The van der Waals surface area contributed by atoms with Gasteiger partial charge >= 0.3 is 0 Å². The molecule has 1 aromatic heterocycles. The quantitative estimate of drug-likeness (QED) is 0.560. The maximum atomic E-state index is 12.4. The number of rotatable bonds is 7. The molecular weight excluding hydrogens is 344 g/mol. The van der Waals surface area contributed by atoms with Crippen LogP contribution in [0.5, 0.6) is 0 Å². The Morgan fingerprint density at radius 2 is 1.69 bits per heavy atom. The average Bonchev–Trinajstić information content (AvgIpc) is 3.10. The van der Waals surface area contributed by atoms with E-state index in [2.05, 4.69) is 48.0 Å². The predicted octanol–water partition coefficient (Wildman–Crippen LogP) is 4.61. The number of hydrogen-bond acceptors (Lipinski definition) is 1. The van der Waals surface area contributed by atoms with E-state index >= 15 is 0 Å². The average molecular weight is 367 g/mol. The first kappa shape index (κ1) is 18.3. The fraction of sp³-hybridized carbons (Fsp3) is 0.227. The van der Waals surface area contributed by atoms with Gasteiger partial charge in [0.2, 0.25) is 5.91 Å². The second-order valence-corrected chi connectivity index (χ2v) is 6.69. The van der Waals surface area contributed by atoms with Crippen LogP contribution >= 0.6 is 11.6 Å². The summed E-state index contributed by atoms with van der Waals surface area (Å²) in [7, 11) is 0. The Balaban J connectivity index is 1.78. The van der Waals surface area contributed by atoms with Gasteiger partial charge in [-0.1, -0.05) is 54.6 Å². The van der Waals surface area contributed by atoms with E-state index in [9.17, 15) is 4.79 Å². The molecule has 3 rings (SSSR count). The molecular formula is C22H23ClN2O. The molecule has 0 aliphatic heterocycles. The van der Waals surface area contributed by atoms with Crippen molar-refractivity contribution in [1.82, 2.24) is 9.47 Å². The Bertz CT molecular complexity index is 857. The van der Waals surface area contributed by atoms with Crippen LogP contribution in [0.3, 0.4) is 0 Å². The molecule has 0 bridgehead atoms. The van der Waals surface area contributed by atoms with Crippen molar-refractivity contribution < 1.29 is 4.79 Å². The van der Waals surface area contributed by atoms with Crippen LogP contribution in [0.25, 0.3) is 0 Å². The summed E-state index contributed by atoms with van der Waals surface area (Å²) in [6.45, 7) is 4.02. The van der Waals surface area contributed by atoms with Crippen molar-refractivity contribution in [2.45, 2.75) is 26.6 Å². The van der Waals surface area contributed by atoms with Crippen LogP contribution in [0.1, 0.15) is 22.4 Å². The van der Waals surface area contributed by atoms with Crippen molar-refractivity contribution in [2.75, 3.05) is 5.88 Å². The number of alkyl halides is 1. The summed E-state index contributed by atoms with van der Waals surface area (Å²) in [6.07, 6.45) is 2.06. The van der Waals surface area contributed by atoms with Crippen LogP contribution in [-0.2, 0) is 24.4 Å². The molecule has 134 valence electrons. The van der Waals surface area contributed by atoms with Crippen molar-refractivity contribution in [2.24, 2.45) is 0 Å². The molecule has 2 aromatic carbocycles. The lowest BCUT2D eigenvalue weighted by molar-refractivity contribution is -0.129. The number of aryl methyl sites for hydroxylation is 1. The predicted molar refractivity (Wildman–Crippen MR) is 106 cm³/mol. The van der Waals surface area contributed by atoms with Gasteiger partial charge in [0, 0.05) is 25.0 Å². The van der Waals surface area contributed by atoms with Gasteiger partial charge in [0.25, 0.3) is 0 Å². The summed E-state index contributed by atoms with van der Waals surface area (Å²) in [4.78, 5) is 14.2. The van der Waals surface area contributed by atoms with Gasteiger partial charge in [-0.25, -0.2) is 0 Å². The van der Waals surface area contributed by atoms with Crippen LogP contribution in [-0.4, -0.2) is 21.3 Å². The molecule has 0 N–H and O–H groups in total. The van der Waals surface area contributed by atoms with Gasteiger partial charge in [-0.05, 0) is 35.7 Å². The molecule has 0 fully saturated rings. The van der Waals surface area contributed by atoms with Crippen LogP contribution in [0.2, 0.25) is 0 Å². The molecule has 3 nitrogen and oxygen atoms in total. The number of carbonyl (C=O) groups excluding carboxylic acids is 1. The van der Waals surface area contributed by atoms with E-state index in [1.807, 2.05) is 41.3 Å². The third-order valence-electron chi connectivity index (χ3n) is 4.56. The molecule has 0 spiro atoms. The third-order valence-corrected chi connectivity index (χ3v) is 4.79. The Labute approximate surface area is 159 Å². The van der Waals surface area contributed by atoms with Crippen LogP contribution in [0.4, 0.5) is 0 Å².